The number of hydrogen-bond acceptors (Lipinski definition) is 3. The van der Waals surface area contributed by atoms with Gasteiger partial charge in [0.2, 0.25) is 0 Å². The second-order valence-electron chi connectivity index (χ2n) is 4.84. The molecule has 0 radical (unpaired) electrons. The molecule has 0 fully saturated rings. The molecule has 0 saturated heterocycles. The van der Waals surface area contributed by atoms with E-state index in [2.05, 4.69) is 4.90 Å². The Kier molecular flexibility index (Phi) is 5.11. The smallest absolute Gasteiger partial charge is 0.118 e. The highest BCUT2D eigenvalue weighted by molar-refractivity contribution is 6.35. The first-order chi connectivity index (χ1) is 9.51. The van der Waals surface area contributed by atoms with Crippen LogP contribution in [0.25, 0.3) is 0 Å². The van der Waals surface area contributed by atoms with Crippen molar-refractivity contribution in [3.05, 3.63) is 57.5 Å². The molecule has 0 aliphatic heterocycles. The monoisotopic (exact) mass is 312 g/mol. The molecule has 0 spiro atoms. The van der Waals surface area contributed by atoms with Crippen LogP contribution in [0.1, 0.15) is 23.1 Å². The summed E-state index contributed by atoms with van der Waals surface area (Å²) in [5.41, 5.74) is 6.88. The van der Waals surface area contributed by atoms with E-state index in [-0.39, 0.29) is 6.04 Å². The molecule has 1 heterocycles. The van der Waals surface area contributed by atoms with E-state index in [9.17, 15) is 0 Å². The predicted octanol–water partition coefficient (Wildman–Crippen LogP) is 4.03. The summed E-state index contributed by atoms with van der Waals surface area (Å²) >= 11 is 12.2. The molecule has 2 aromatic rings. The molecular weight excluding hydrogens is 295 g/mol. The minimum absolute atomic E-state index is 0.0187. The summed E-state index contributed by atoms with van der Waals surface area (Å²) in [6.45, 7) is 3.08. The van der Waals surface area contributed by atoms with Gasteiger partial charge in [0.15, 0.2) is 0 Å². The van der Waals surface area contributed by atoms with Crippen LogP contribution in [0.3, 0.4) is 0 Å². The number of likely N-dealkylation sites (N-methyl/N-ethyl adjacent to an activating group) is 1. The topological polar surface area (TPSA) is 42.4 Å². The Morgan fingerprint density at radius 3 is 2.55 bits per heavy atom. The molecule has 0 amide bonds. The molecule has 108 valence electrons. The third-order valence-electron chi connectivity index (χ3n) is 3.28. The van der Waals surface area contributed by atoms with Crippen LogP contribution in [0.2, 0.25) is 10.0 Å². The number of rotatable bonds is 5. The average molecular weight is 313 g/mol. The maximum atomic E-state index is 6.26. The number of aryl methyl sites for hydroxylation is 1. The molecule has 1 aromatic carbocycles. The molecule has 2 N–H and O–H groups in total. The number of nitrogens with zero attached hydrogens (tertiary/aromatic N) is 1. The van der Waals surface area contributed by atoms with Crippen molar-refractivity contribution in [2.75, 3.05) is 13.6 Å². The summed E-state index contributed by atoms with van der Waals surface area (Å²) in [5, 5.41) is 1.26. The first-order valence-electron chi connectivity index (χ1n) is 6.42. The third-order valence-corrected chi connectivity index (χ3v) is 3.84. The zero-order valence-corrected chi connectivity index (χ0v) is 13.1. The Hall–Kier alpha value is -1.00. The zero-order valence-electron chi connectivity index (χ0n) is 11.6. The van der Waals surface area contributed by atoms with Gasteiger partial charge in [0.05, 0.1) is 6.54 Å². The zero-order chi connectivity index (χ0) is 14.7. The summed E-state index contributed by atoms with van der Waals surface area (Å²) < 4.78 is 5.60. The number of nitrogens with two attached hydrogens (primary N) is 1. The van der Waals surface area contributed by atoms with Gasteiger partial charge in [-0.1, -0.05) is 29.3 Å². The van der Waals surface area contributed by atoms with Gasteiger partial charge in [0.25, 0.3) is 0 Å². The van der Waals surface area contributed by atoms with Crippen molar-refractivity contribution >= 4 is 23.2 Å². The number of benzene rings is 1. The number of hydrogen-bond donors (Lipinski definition) is 1. The van der Waals surface area contributed by atoms with E-state index >= 15 is 0 Å². The molecule has 5 heteroatoms. The Morgan fingerprint density at radius 1 is 1.25 bits per heavy atom. The van der Waals surface area contributed by atoms with E-state index in [0.717, 1.165) is 17.1 Å². The highest BCUT2D eigenvalue weighted by Gasteiger charge is 2.19. The first-order valence-corrected chi connectivity index (χ1v) is 7.17. The van der Waals surface area contributed by atoms with E-state index in [1.54, 1.807) is 6.07 Å². The van der Waals surface area contributed by atoms with Crippen molar-refractivity contribution in [3.63, 3.8) is 0 Å². The fraction of sp³-hybridized carbons (Fsp3) is 0.333. The predicted molar refractivity (Wildman–Crippen MR) is 83.2 cm³/mol. The lowest BCUT2D eigenvalue weighted by Crippen LogP contribution is -2.30. The van der Waals surface area contributed by atoms with Crippen LogP contribution in [0.4, 0.5) is 0 Å². The lowest BCUT2D eigenvalue weighted by atomic mass is 10.1. The Morgan fingerprint density at radius 2 is 2.00 bits per heavy atom. The lowest BCUT2D eigenvalue weighted by Gasteiger charge is -2.27. The van der Waals surface area contributed by atoms with E-state index in [0.29, 0.717) is 23.1 Å². The molecule has 0 aliphatic carbocycles. The van der Waals surface area contributed by atoms with Gasteiger partial charge in [-0.25, -0.2) is 0 Å². The minimum atomic E-state index is 0.0187. The Bertz CT molecular complexity index is 583. The molecule has 1 atom stereocenters. The van der Waals surface area contributed by atoms with Crippen LogP contribution >= 0.6 is 23.2 Å². The van der Waals surface area contributed by atoms with Crippen LogP contribution in [0.15, 0.2) is 34.7 Å². The summed E-state index contributed by atoms with van der Waals surface area (Å²) in [6.07, 6.45) is 0. The van der Waals surface area contributed by atoms with Gasteiger partial charge in [0.1, 0.15) is 11.5 Å². The second kappa shape index (κ2) is 6.64. The van der Waals surface area contributed by atoms with Crippen LogP contribution in [0.5, 0.6) is 0 Å². The van der Waals surface area contributed by atoms with Crippen molar-refractivity contribution in [3.8, 4) is 0 Å². The maximum absolute atomic E-state index is 6.26. The van der Waals surface area contributed by atoms with Gasteiger partial charge in [-0.2, -0.15) is 0 Å². The minimum Gasteiger partial charge on any atom is -0.465 e. The van der Waals surface area contributed by atoms with Gasteiger partial charge < -0.3 is 10.2 Å². The molecule has 2 rings (SSSR count). The van der Waals surface area contributed by atoms with E-state index in [4.69, 9.17) is 33.4 Å². The molecule has 20 heavy (non-hydrogen) atoms. The molecule has 0 bridgehead atoms. The van der Waals surface area contributed by atoms with Gasteiger partial charge in [0, 0.05) is 22.6 Å². The number of halogens is 2. The second-order valence-corrected chi connectivity index (χ2v) is 5.69. The highest BCUT2D eigenvalue weighted by atomic mass is 35.5. The van der Waals surface area contributed by atoms with Crippen LogP contribution < -0.4 is 5.73 Å². The summed E-state index contributed by atoms with van der Waals surface area (Å²) in [5.74, 6) is 1.82. The fourth-order valence-electron chi connectivity index (χ4n) is 2.24. The van der Waals surface area contributed by atoms with Gasteiger partial charge in [-0.3, -0.25) is 4.90 Å². The van der Waals surface area contributed by atoms with Crippen molar-refractivity contribution in [1.82, 2.24) is 4.90 Å². The summed E-state index contributed by atoms with van der Waals surface area (Å²) in [7, 11) is 2.00. The van der Waals surface area contributed by atoms with Crippen LogP contribution in [0, 0.1) is 6.92 Å². The van der Waals surface area contributed by atoms with Crippen molar-refractivity contribution in [2.24, 2.45) is 5.73 Å². The third kappa shape index (κ3) is 3.55. The Balaban J connectivity index is 2.18. The molecule has 1 unspecified atom stereocenters. The highest BCUT2D eigenvalue weighted by Crippen LogP contribution is 2.29. The average Bonchev–Trinajstić information content (AvgIpc) is 2.78. The van der Waals surface area contributed by atoms with Gasteiger partial charge in [-0.05, 0) is 43.8 Å². The molecule has 3 nitrogen and oxygen atoms in total. The van der Waals surface area contributed by atoms with Crippen molar-refractivity contribution in [1.29, 1.82) is 0 Å². The SMILES string of the molecule is Cc1ccc(CN(C)C(CN)c2ccc(Cl)cc2Cl)o1. The van der Waals surface area contributed by atoms with E-state index < -0.39 is 0 Å². The lowest BCUT2D eigenvalue weighted by molar-refractivity contribution is 0.222. The first kappa shape index (κ1) is 15.4. The standard InChI is InChI=1S/C15H18Cl2N2O/c1-10-3-5-12(20-10)9-19(2)15(8-18)13-6-4-11(16)7-14(13)17/h3-7,15H,8-9,18H2,1-2H3. The number of furan rings is 1. The fourth-order valence-corrected chi connectivity index (χ4v) is 2.78. The van der Waals surface area contributed by atoms with Crippen molar-refractivity contribution < 1.29 is 4.42 Å². The molecule has 0 aliphatic rings. The maximum Gasteiger partial charge on any atom is 0.118 e. The van der Waals surface area contributed by atoms with Crippen molar-refractivity contribution in [2.45, 2.75) is 19.5 Å². The van der Waals surface area contributed by atoms with E-state index in [1.165, 1.54) is 0 Å². The summed E-state index contributed by atoms with van der Waals surface area (Å²) in [6, 6.07) is 9.44. The van der Waals surface area contributed by atoms with Crippen LogP contribution in [-0.4, -0.2) is 18.5 Å². The normalized spacial score (nSPS) is 12.9. The quantitative estimate of drug-likeness (QED) is 0.906. The molecule has 0 saturated carbocycles. The van der Waals surface area contributed by atoms with Gasteiger partial charge >= 0.3 is 0 Å². The molecule has 1 aromatic heterocycles. The summed E-state index contributed by atoms with van der Waals surface area (Å²) in [4.78, 5) is 2.12. The Labute approximate surface area is 129 Å². The van der Waals surface area contributed by atoms with E-state index in [1.807, 2.05) is 38.2 Å². The largest absolute Gasteiger partial charge is 0.465 e. The van der Waals surface area contributed by atoms with Gasteiger partial charge in [-0.15, -0.1) is 0 Å². The van der Waals surface area contributed by atoms with Crippen LogP contribution in [-0.2, 0) is 6.54 Å². The molecular formula is C15H18Cl2N2O.